The van der Waals surface area contributed by atoms with Crippen molar-refractivity contribution in [3.05, 3.63) is 34.6 Å². The molecule has 0 bridgehead atoms. The molecule has 0 atom stereocenters. The lowest BCUT2D eigenvalue weighted by Crippen LogP contribution is -2.44. The van der Waals surface area contributed by atoms with Crippen LogP contribution in [-0.4, -0.2) is 69.6 Å². The highest BCUT2D eigenvalue weighted by molar-refractivity contribution is 7.99. The Bertz CT molecular complexity index is 1370. The van der Waals surface area contributed by atoms with E-state index in [9.17, 15) is 18.0 Å². The number of methoxy groups -OCH3 is 1. The molecule has 1 aliphatic heterocycles. The van der Waals surface area contributed by atoms with Gasteiger partial charge in [-0.05, 0) is 31.2 Å². The van der Waals surface area contributed by atoms with Gasteiger partial charge in [-0.2, -0.15) is 18.2 Å². The Morgan fingerprint density at radius 3 is 2.38 bits per heavy atom. The zero-order valence-corrected chi connectivity index (χ0v) is 21.1. The smallest absolute Gasteiger partial charge is 0.490 e. The minimum absolute atomic E-state index is 0.122. The number of hydrogen-bond donors (Lipinski definition) is 2. The van der Waals surface area contributed by atoms with Gasteiger partial charge in [0.05, 0.1) is 13.7 Å². The number of halogens is 3. The number of fused-ring (bicyclic) bond motifs is 1. The van der Waals surface area contributed by atoms with Crippen LogP contribution in [-0.2, 0) is 18.4 Å². The van der Waals surface area contributed by atoms with Crippen LogP contribution in [0.25, 0.3) is 11.2 Å². The molecule has 10 nitrogen and oxygen atoms in total. The minimum atomic E-state index is -5.08. The normalized spacial score (nSPS) is 13.4. The number of aliphatic carboxylic acids is 1. The summed E-state index contributed by atoms with van der Waals surface area (Å²) in [6.45, 7) is 5.63. The number of piperazine rings is 1. The zero-order chi connectivity index (χ0) is 27.2. The summed E-state index contributed by atoms with van der Waals surface area (Å²) in [6.07, 6.45) is -5.08. The van der Waals surface area contributed by atoms with E-state index in [4.69, 9.17) is 24.6 Å². The molecule has 2 N–H and O–H groups in total. The Balaban J connectivity index is 0.000000479. The van der Waals surface area contributed by atoms with E-state index in [0.717, 1.165) is 42.8 Å². The first-order valence-electron chi connectivity index (χ1n) is 11.0. The summed E-state index contributed by atoms with van der Waals surface area (Å²) in [5, 5.41) is 11.1. The summed E-state index contributed by atoms with van der Waals surface area (Å²) in [4.78, 5) is 34.8. The van der Waals surface area contributed by atoms with E-state index in [1.165, 1.54) is 11.8 Å². The van der Waals surface area contributed by atoms with Crippen molar-refractivity contribution in [2.45, 2.75) is 29.7 Å². The summed E-state index contributed by atoms with van der Waals surface area (Å²) in [5.41, 5.74) is 0.830. The predicted molar refractivity (Wildman–Crippen MR) is 132 cm³/mol. The van der Waals surface area contributed by atoms with Crippen LogP contribution in [0.3, 0.4) is 0 Å². The number of ether oxygens (including phenoxy) is 1. The van der Waals surface area contributed by atoms with Crippen molar-refractivity contribution in [1.29, 1.82) is 0 Å². The first-order chi connectivity index (χ1) is 17.6. The van der Waals surface area contributed by atoms with E-state index in [1.807, 2.05) is 28.8 Å². The second-order valence-corrected chi connectivity index (χ2v) is 8.71. The van der Waals surface area contributed by atoms with Gasteiger partial charge < -0.3 is 20.1 Å². The quantitative estimate of drug-likeness (QED) is 0.373. The fourth-order valence-electron chi connectivity index (χ4n) is 3.38. The third-order valence-electron chi connectivity index (χ3n) is 5.25. The molecule has 0 aliphatic carbocycles. The maximum absolute atomic E-state index is 13.3. The highest BCUT2D eigenvalue weighted by Gasteiger charge is 2.38. The van der Waals surface area contributed by atoms with E-state index in [1.54, 1.807) is 25.6 Å². The zero-order valence-electron chi connectivity index (χ0n) is 20.3. The summed E-state index contributed by atoms with van der Waals surface area (Å²) in [5.74, 6) is 4.77. The number of imidazole rings is 1. The van der Waals surface area contributed by atoms with Crippen molar-refractivity contribution >= 4 is 34.8 Å². The van der Waals surface area contributed by atoms with Crippen LogP contribution in [0.2, 0.25) is 0 Å². The van der Waals surface area contributed by atoms with Gasteiger partial charge in [0.2, 0.25) is 5.95 Å². The molecular weight excluding hydrogens is 513 g/mol. The molecule has 3 aromatic rings. The number of anilines is 1. The molecule has 0 unspecified atom stereocenters. The third kappa shape index (κ3) is 6.75. The van der Waals surface area contributed by atoms with Gasteiger partial charge in [-0.3, -0.25) is 13.9 Å². The lowest BCUT2D eigenvalue weighted by molar-refractivity contribution is -0.192. The Kier molecular flexibility index (Phi) is 9.06. The van der Waals surface area contributed by atoms with Gasteiger partial charge in [0, 0.05) is 38.1 Å². The molecule has 0 radical (unpaired) electrons. The second-order valence-electron chi connectivity index (χ2n) is 7.67. The fourth-order valence-corrected chi connectivity index (χ4v) is 4.22. The molecule has 0 amide bonds. The van der Waals surface area contributed by atoms with Crippen LogP contribution < -0.4 is 20.5 Å². The number of alkyl halides is 3. The van der Waals surface area contributed by atoms with Crippen molar-refractivity contribution < 1.29 is 27.8 Å². The third-order valence-corrected chi connectivity index (χ3v) is 6.31. The van der Waals surface area contributed by atoms with Crippen molar-refractivity contribution in [2.75, 3.05) is 38.2 Å². The highest BCUT2D eigenvalue weighted by atomic mass is 32.2. The van der Waals surface area contributed by atoms with Crippen LogP contribution in [0.5, 0.6) is 5.75 Å². The van der Waals surface area contributed by atoms with Gasteiger partial charge in [0.25, 0.3) is 5.56 Å². The van der Waals surface area contributed by atoms with Crippen LogP contribution in [0, 0.1) is 11.8 Å². The summed E-state index contributed by atoms with van der Waals surface area (Å²) < 4.78 is 40.4. The molecule has 1 fully saturated rings. The van der Waals surface area contributed by atoms with Crippen molar-refractivity contribution in [1.82, 2.24) is 24.4 Å². The lowest BCUT2D eigenvalue weighted by Gasteiger charge is -2.28. The highest BCUT2D eigenvalue weighted by Crippen LogP contribution is 2.28. The average molecular weight is 539 g/mol. The number of carbonyl (C=O) groups is 1. The van der Waals surface area contributed by atoms with Crippen molar-refractivity contribution in [3.63, 3.8) is 0 Å². The van der Waals surface area contributed by atoms with E-state index < -0.39 is 12.1 Å². The monoisotopic (exact) mass is 538 g/mol. The Morgan fingerprint density at radius 2 is 1.84 bits per heavy atom. The van der Waals surface area contributed by atoms with Gasteiger partial charge >= 0.3 is 12.1 Å². The number of nitrogens with one attached hydrogen (secondary N) is 1. The number of hydrogen-bond acceptors (Lipinski definition) is 8. The van der Waals surface area contributed by atoms with Crippen molar-refractivity contribution in [2.24, 2.45) is 7.05 Å². The molecule has 4 rings (SSSR count). The number of rotatable bonds is 5. The minimum Gasteiger partial charge on any atom is -0.497 e. The fraction of sp³-hybridized carbons (Fsp3) is 0.391. The average Bonchev–Trinajstić information content (AvgIpc) is 3.25. The lowest BCUT2D eigenvalue weighted by atomic mass is 10.3. The number of aromatic nitrogens is 4. The molecule has 198 valence electrons. The Morgan fingerprint density at radius 1 is 1.22 bits per heavy atom. The van der Waals surface area contributed by atoms with Gasteiger partial charge in [-0.15, -0.1) is 5.92 Å². The van der Waals surface area contributed by atoms with E-state index >= 15 is 0 Å². The molecule has 14 heteroatoms. The first kappa shape index (κ1) is 27.9. The van der Waals surface area contributed by atoms with Crippen LogP contribution >= 0.6 is 11.8 Å². The van der Waals surface area contributed by atoms with Crippen molar-refractivity contribution in [3.8, 4) is 17.6 Å². The summed E-state index contributed by atoms with van der Waals surface area (Å²) in [7, 11) is 3.38. The SMILES string of the molecule is CC#CCn1c(N2CCNCC2)nc2nc(Sc3ccc(OC)cc3)n(C)c(=O)c21.O=C(O)C(F)(F)F. The largest absolute Gasteiger partial charge is 0.497 e. The van der Waals surface area contributed by atoms with Gasteiger partial charge in [-0.25, -0.2) is 9.78 Å². The van der Waals surface area contributed by atoms with Crippen LogP contribution in [0.1, 0.15) is 6.92 Å². The Labute approximate surface area is 214 Å². The number of nitrogens with zero attached hydrogens (tertiary/aromatic N) is 5. The molecule has 1 aromatic carbocycles. The molecule has 0 saturated carbocycles. The standard InChI is InChI=1S/C21H24N6O2S.C2HF3O2/c1-4-5-12-27-17-18(23-20(27)26-13-10-22-11-14-26)24-21(25(2)19(17)28)30-16-8-6-15(29-3)7-9-16;3-2(4,5)1(6)7/h6-9,22H,10-14H2,1-3H3;(H,6,7). The summed E-state index contributed by atoms with van der Waals surface area (Å²) >= 11 is 1.43. The first-order valence-corrected chi connectivity index (χ1v) is 11.8. The topological polar surface area (TPSA) is 115 Å². The van der Waals surface area contributed by atoms with E-state index in [-0.39, 0.29) is 5.56 Å². The maximum atomic E-state index is 13.3. The van der Waals surface area contributed by atoms with Crippen LogP contribution in [0.4, 0.5) is 19.1 Å². The van der Waals surface area contributed by atoms with Crippen LogP contribution in [0.15, 0.2) is 39.1 Å². The van der Waals surface area contributed by atoms with Gasteiger partial charge in [0.15, 0.2) is 16.3 Å². The molecule has 3 heterocycles. The molecule has 37 heavy (non-hydrogen) atoms. The number of benzene rings is 1. The maximum Gasteiger partial charge on any atom is 0.490 e. The molecule has 2 aromatic heterocycles. The van der Waals surface area contributed by atoms with Gasteiger partial charge in [-0.1, -0.05) is 17.7 Å². The van der Waals surface area contributed by atoms with E-state index in [2.05, 4.69) is 22.1 Å². The summed E-state index contributed by atoms with van der Waals surface area (Å²) in [6, 6.07) is 7.67. The number of carboxylic acid groups (broad SMARTS) is 1. The van der Waals surface area contributed by atoms with E-state index in [0.29, 0.717) is 22.9 Å². The molecule has 1 aliphatic rings. The molecule has 1 saturated heterocycles. The Hall–Kier alpha value is -3.70. The number of carboxylic acids is 1. The van der Waals surface area contributed by atoms with Gasteiger partial charge in [0.1, 0.15) is 5.75 Å². The molecule has 0 spiro atoms. The second kappa shape index (κ2) is 12.0. The molecular formula is C23H25F3N6O4S. The predicted octanol–water partition coefficient (Wildman–Crippen LogP) is 2.36.